The number of methoxy groups -OCH3 is 1. The summed E-state index contributed by atoms with van der Waals surface area (Å²) < 4.78 is 23.9. The first-order valence-electron chi connectivity index (χ1n) is 9.60. The number of rotatable bonds is 8. The zero-order chi connectivity index (χ0) is 20.4. The number of hydrogen-bond acceptors (Lipinski definition) is 4. The highest BCUT2D eigenvalue weighted by atomic mass is 19.1. The van der Waals surface area contributed by atoms with E-state index in [9.17, 15) is 14.0 Å². The summed E-state index contributed by atoms with van der Waals surface area (Å²) in [5.74, 6) is -0.0985. The molecule has 29 heavy (non-hydrogen) atoms. The second kappa shape index (κ2) is 7.83. The van der Waals surface area contributed by atoms with E-state index in [-0.39, 0.29) is 36.7 Å². The molecule has 2 aromatic rings. The lowest BCUT2D eigenvalue weighted by Gasteiger charge is -2.33. The maximum absolute atomic E-state index is 13.4. The van der Waals surface area contributed by atoms with Crippen LogP contribution in [0.15, 0.2) is 48.5 Å². The second-order valence-electron chi connectivity index (χ2n) is 7.45. The minimum absolute atomic E-state index is 0.0510. The quantitative estimate of drug-likeness (QED) is 0.694. The number of hydrogen-bond donors (Lipinski definition) is 1. The first-order chi connectivity index (χ1) is 14.0. The third-order valence-electron chi connectivity index (χ3n) is 5.59. The molecule has 2 amide bonds. The van der Waals surface area contributed by atoms with Gasteiger partial charge in [-0.3, -0.25) is 9.59 Å². The third kappa shape index (κ3) is 3.70. The molecule has 1 heterocycles. The highest BCUT2D eigenvalue weighted by Gasteiger charge is 2.66. The number of nitrogens with zero attached hydrogens (tertiary/aromatic N) is 1. The molecule has 2 atom stereocenters. The van der Waals surface area contributed by atoms with Crippen LogP contribution in [0, 0.1) is 11.2 Å². The van der Waals surface area contributed by atoms with E-state index in [1.165, 1.54) is 12.1 Å². The molecule has 0 saturated heterocycles. The van der Waals surface area contributed by atoms with Gasteiger partial charge in [0, 0.05) is 25.3 Å². The van der Waals surface area contributed by atoms with Gasteiger partial charge in [-0.05, 0) is 42.3 Å². The van der Waals surface area contributed by atoms with Crippen molar-refractivity contribution in [3.05, 3.63) is 59.9 Å². The fraction of sp³-hybridized carbons (Fsp3) is 0.364. The molecular formula is C22H23FN2O4. The van der Waals surface area contributed by atoms with Crippen LogP contribution in [-0.4, -0.2) is 45.2 Å². The molecule has 0 unspecified atom stereocenters. The van der Waals surface area contributed by atoms with E-state index in [0.29, 0.717) is 25.3 Å². The monoisotopic (exact) mass is 398 g/mol. The molecule has 0 spiro atoms. The summed E-state index contributed by atoms with van der Waals surface area (Å²) in [6.45, 7) is 0.942. The third-order valence-corrected chi connectivity index (χ3v) is 5.59. The molecule has 4 rings (SSSR count). The normalized spacial score (nSPS) is 21.9. The lowest BCUT2D eigenvalue weighted by atomic mass is 9.92. The van der Waals surface area contributed by atoms with Crippen LogP contribution >= 0.6 is 0 Å². The van der Waals surface area contributed by atoms with E-state index in [2.05, 4.69) is 5.32 Å². The molecule has 1 aliphatic heterocycles. The van der Waals surface area contributed by atoms with Crippen molar-refractivity contribution in [1.29, 1.82) is 0 Å². The van der Waals surface area contributed by atoms with Crippen LogP contribution in [0.4, 0.5) is 10.1 Å². The topological polar surface area (TPSA) is 67.9 Å². The van der Waals surface area contributed by atoms with Gasteiger partial charge in [0.25, 0.3) is 0 Å². The first kappa shape index (κ1) is 19.4. The molecular weight excluding hydrogens is 375 g/mol. The van der Waals surface area contributed by atoms with Crippen molar-refractivity contribution >= 4 is 17.5 Å². The summed E-state index contributed by atoms with van der Waals surface area (Å²) in [4.78, 5) is 27.3. The van der Waals surface area contributed by atoms with E-state index in [4.69, 9.17) is 9.47 Å². The Kier molecular flexibility index (Phi) is 5.24. The summed E-state index contributed by atoms with van der Waals surface area (Å²) in [5, 5.41) is 2.76. The number of para-hydroxylation sites is 1. The van der Waals surface area contributed by atoms with Crippen LogP contribution in [0.3, 0.4) is 0 Å². The molecule has 2 aromatic carbocycles. The van der Waals surface area contributed by atoms with Crippen LogP contribution in [0.25, 0.3) is 0 Å². The Morgan fingerprint density at radius 1 is 1.24 bits per heavy atom. The molecule has 1 aliphatic carbocycles. The number of ether oxygens (including phenoxy) is 2. The fourth-order valence-corrected chi connectivity index (χ4v) is 3.97. The Balaban J connectivity index is 1.52. The van der Waals surface area contributed by atoms with Gasteiger partial charge in [-0.25, -0.2) is 4.39 Å². The molecule has 6 nitrogen and oxygen atoms in total. The van der Waals surface area contributed by atoms with Crippen molar-refractivity contribution in [3.63, 3.8) is 0 Å². The average molecular weight is 398 g/mol. The molecule has 2 aliphatic rings. The van der Waals surface area contributed by atoms with E-state index in [0.717, 1.165) is 11.3 Å². The molecule has 1 fully saturated rings. The number of carbonyl (C=O) groups is 2. The number of anilines is 1. The van der Waals surface area contributed by atoms with E-state index in [1.807, 2.05) is 24.3 Å². The Labute approximate surface area is 168 Å². The van der Waals surface area contributed by atoms with E-state index < -0.39 is 5.41 Å². The number of fused-ring (bicyclic) bond motifs is 3. The fourth-order valence-electron chi connectivity index (χ4n) is 3.97. The van der Waals surface area contributed by atoms with Crippen LogP contribution in [0.1, 0.15) is 17.9 Å². The lowest BCUT2D eigenvalue weighted by Crippen LogP contribution is -2.48. The van der Waals surface area contributed by atoms with Gasteiger partial charge < -0.3 is 19.7 Å². The predicted molar refractivity (Wildman–Crippen MR) is 105 cm³/mol. The Hall–Kier alpha value is -2.93. The summed E-state index contributed by atoms with van der Waals surface area (Å²) in [5.41, 5.74) is 1.15. The molecule has 1 N–H and O–H groups in total. The van der Waals surface area contributed by atoms with Gasteiger partial charge in [-0.2, -0.15) is 0 Å². The minimum Gasteiger partial charge on any atom is -0.492 e. The standard InChI is InChI=1S/C22H23FN2O4/c1-28-11-10-24-20(26)13-25-19-5-3-2-4-17(19)18-12-22(18,21(25)27)14-29-16-8-6-15(23)7-9-16/h2-9,18H,10-14H2,1H3,(H,24,26)/t18-,22+/m0/s1. The van der Waals surface area contributed by atoms with Gasteiger partial charge in [-0.1, -0.05) is 18.2 Å². The van der Waals surface area contributed by atoms with Crippen LogP contribution < -0.4 is 15.0 Å². The van der Waals surface area contributed by atoms with Crippen LogP contribution in [0.2, 0.25) is 0 Å². The minimum atomic E-state index is -0.685. The van der Waals surface area contributed by atoms with Gasteiger partial charge in [0.1, 0.15) is 24.7 Å². The van der Waals surface area contributed by atoms with Crippen molar-refractivity contribution < 1.29 is 23.5 Å². The van der Waals surface area contributed by atoms with Gasteiger partial charge in [-0.15, -0.1) is 0 Å². The number of amides is 2. The molecule has 1 saturated carbocycles. The van der Waals surface area contributed by atoms with Crippen molar-refractivity contribution in [2.45, 2.75) is 12.3 Å². The van der Waals surface area contributed by atoms with Gasteiger partial charge >= 0.3 is 0 Å². The maximum atomic E-state index is 13.4. The zero-order valence-corrected chi connectivity index (χ0v) is 16.2. The van der Waals surface area contributed by atoms with E-state index in [1.54, 1.807) is 24.1 Å². The molecule has 0 aromatic heterocycles. The van der Waals surface area contributed by atoms with E-state index >= 15 is 0 Å². The smallest absolute Gasteiger partial charge is 0.240 e. The Bertz CT molecular complexity index is 917. The van der Waals surface area contributed by atoms with Crippen LogP contribution in [-0.2, 0) is 14.3 Å². The Morgan fingerprint density at radius 3 is 2.76 bits per heavy atom. The van der Waals surface area contributed by atoms with Crippen molar-refractivity contribution in [3.8, 4) is 5.75 Å². The summed E-state index contributed by atoms with van der Waals surface area (Å²) >= 11 is 0. The molecule has 0 bridgehead atoms. The predicted octanol–water partition coefficient (Wildman–Crippen LogP) is 2.49. The number of benzene rings is 2. The highest BCUT2D eigenvalue weighted by molar-refractivity contribution is 6.07. The van der Waals surface area contributed by atoms with Gasteiger partial charge in [0.05, 0.1) is 12.0 Å². The number of nitrogens with one attached hydrogen (secondary N) is 1. The zero-order valence-electron chi connectivity index (χ0n) is 16.2. The summed E-state index contributed by atoms with van der Waals surface area (Å²) in [6, 6.07) is 13.4. The first-order valence-corrected chi connectivity index (χ1v) is 9.60. The average Bonchev–Trinajstić information content (AvgIpc) is 3.47. The van der Waals surface area contributed by atoms with Gasteiger partial charge in [0.2, 0.25) is 11.8 Å². The second-order valence-corrected chi connectivity index (χ2v) is 7.45. The maximum Gasteiger partial charge on any atom is 0.240 e. The van der Waals surface area contributed by atoms with Gasteiger partial charge in [0.15, 0.2) is 0 Å². The molecule has 0 radical (unpaired) electrons. The van der Waals surface area contributed by atoms with Crippen molar-refractivity contribution in [2.75, 3.05) is 38.3 Å². The molecule has 7 heteroatoms. The molecule has 152 valence electrons. The summed E-state index contributed by atoms with van der Waals surface area (Å²) in [7, 11) is 1.56. The highest BCUT2D eigenvalue weighted by Crippen LogP contribution is 2.65. The van der Waals surface area contributed by atoms with Crippen molar-refractivity contribution in [1.82, 2.24) is 5.32 Å². The summed E-state index contributed by atoms with van der Waals surface area (Å²) in [6.07, 6.45) is 0.672. The van der Waals surface area contributed by atoms with Crippen molar-refractivity contribution in [2.24, 2.45) is 5.41 Å². The lowest BCUT2D eigenvalue weighted by molar-refractivity contribution is -0.128. The Morgan fingerprint density at radius 2 is 2.00 bits per heavy atom. The number of carbonyl (C=O) groups excluding carboxylic acids is 2. The van der Waals surface area contributed by atoms with Crippen LogP contribution in [0.5, 0.6) is 5.75 Å². The SMILES string of the molecule is COCCNC(=O)CN1C(=O)[C@@]2(COc3ccc(F)cc3)C[C@H]2c2ccccc21. The largest absolute Gasteiger partial charge is 0.492 e. The number of halogens is 1.